The van der Waals surface area contributed by atoms with Gasteiger partial charge in [-0.3, -0.25) is 4.79 Å². The van der Waals surface area contributed by atoms with Gasteiger partial charge in [-0.05, 0) is 23.7 Å². The van der Waals surface area contributed by atoms with E-state index in [1.165, 1.54) is 0 Å². The minimum Gasteiger partial charge on any atom is -0.370 e. The van der Waals surface area contributed by atoms with Crippen molar-refractivity contribution in [3.8, 4) is 0 Å². The summed E-state index contributed by atoms with van der Waals surface area (Å²) in [5, 5.41) is 0. The Morgan fingerprint density at radius 2 is 1.94 bits per heavy atom. The Hall–Kier alpha value is -0.790. The van der Waals surface area contributed by atoms with E-state index in [9.17, 15) is 4.79 Å². The Morgan fingerprint density at radius 3 is 2.31 bits per heavy atom. The Bertz CT molecular complexity index is 245. The Labute approximate surface area is 100 Å². The molecule has 0 heterocycles. The molecule has 0 aromatic heterocycles. The van der Waals surface area contributed by atoms with E-state index >= 15 is 0 Å². The molecular weight excluding hydrogens is 198 g/mol. The van der Waals surface area contributed by atoms with Gasteiger partial charge in [0.2, 0.25) is 5.91 Å². The van der Waals surface area contributed by atoms with E-state index in [1.54, 1.807) is 0 Å². The van der Waals surface area contributed by atoms with Gasteiger partial charge in [-0.15, -0.1) is 6.58 Å². The maximum atomic E-state index is 11.1. The van der Waals surface area contributed by atoms with Gasteiger partial charge in [0.05, 0.1) is 0 Å². The van der Waals surface area contributed by atoms with Crippen LogP contribution in [0.1, 0.15) is 59.8 Å². The molecule has 0 spiro atoms. The van der Waals surface area contributed by atoms with Gasteiger partial charge in [0.1, 0.15) is 0 Å². The lowest BCUT2D eigenvalue weighted by molar-refractivity contribution is -0.120. The largest absolute Gasteiger partial charge is 0.370 e. The molecule has 0 radical (unpaired) electrons. The second-order valence-electron chi connectivity index (χ2n) is 5.93. The summed E-state index contributed by atoms with van der Waals surface area (Å²) in [6, 6.07) is 0. The third-order valence-corrected chi connectivity index (χ3v) is 3.17. The van der Waals surface area contributed by atoms with Crippen molar-refractivity contribution in [3.63, 3.8) is 0 Å². The van der Waals surface area contributed by atoms with Crippen LogP contribution in [-0.4, -0.2) is 5.91 Å². The molecule has 2 nitrogen and oxygen atoms in total. The van der Waals surface area contributed by atoms with Crippen LogP contribution in [0.4, 0.5) is 0 Å². The maximum Gasteiger partial charge on any atom is 0.217 e. The molecule has 0 rings (SSSR count). The van der Waals surface area contributed by atoms with Crippen molar-refractivity contribution in [1.82, 2.24) is 0 Å². The molecule has 0 saturated heterocycles. The molecule has 0 aliphatic carbocycles. The number of hydrogen-bond donors (Lipinski definition) is 1. The summed E-state index contributed by atoms with van der Waals surface area (Å²) < 4.78 is 0. The Balaban J connectivity index is 4.64. The van der Waals surface area contributed by atoms with E-state index in [4.69, 9.17) is 5.73 Å². The summed E-state index contributed by atoms with van der Waals surface area (Å²) in [5.41, 5.74) is 5.43. The van der Waals surface area contributed by atoms with Gasteiger partial charge in [0.15, 0.2) is 0 Å². The average Bonchev–Trinajstić information content (AvgIpc) is 2.12. The second kappa shape index (κ2) is 6.07. The highest BCUT2D eigenvalue weighted by atomic mass is 16.1. The highest BCUT2D eigenvalue weighted by molar-refractivity contribution is 5.74. The third-order valence-electron chi connectivity index (χ3n) is 3.17. The van der Waals surface area contributed by atoms with Gasteiger partial charge < -0.3 is 5.73 Å². The summed E-state index contributed by atoms with van der Waals surface area (Å²) in [7, 11) is 0. The van der Waals surface area contributed by atoms with E-state index in [0.29, 0.717) is 6.42 Å². The van der Waals surface area contributed by atoms with Gasteiger partial charge in [-0.1, -0.05) is 46.6 Å². The summed E-state index contributed by atoms with van der Waals surface area (Å²) in [4.78, 5) is 11.1. The fraction of sp³-hybridized carbons (Fsp3) is 0.786. The maximum absolute atomic E-state index is 11.1. The number of carbonyl (C=O) groups is 1. The van der Waals surface area contributed by atoms with Crippen LogP contribution in [0.25, 0.3) is 0 Å². The number of allylic oxidation sites excluding steroid dienone is 1. The van der Waals surface area contributed by atoms with Gasteiger partial charge in [0, 0.05) is 6.42 Å². The highest BCUT2D eigenvalue weighted by Crippen LogP contribution is 2.40. The van der Waals surface area contributed by atoms with E-state index in [1.807, 2.05) is 6.08 Å². The molecule has 0 aromatic carbocycles. The first-order chi connectivity index (χ1) is 7.24. The zero-order chi connectivity index (χ0) is 12.8. The van der Waals surface area contributed by atoms with Crippen molar-refractivity contribution in [3.05, 3.63) is 12.7 Å². The molecule has 0 aliphatic heterocycles. The Kier molecular flexibility index (Phi) is 5.77. The molecule has 0 bridgehead atoms. The number of carbonyl (C=O) groups excluding carboxylic acids is 1. The van der Waals surface area contributed by atoms with E-state index in [2.05, 4.69) is 34.3 Å². The van der Waals surface area contributed by atoms with Gasteiger partial charge in [-0.2, -0.15) is 0 Å². The van der Waals surface area contributed by atoms with Crippen LogP contribution in [0.5, 0.6) is 0 Å². The van der Waals surface area contributed by atoms with E-state index in [0.717, 1.165) is 25.7 Å². The van der Waals surface area contributed by atoms with Crippen molar-refractivity contribution in [1.29, 1.82) is 0 Å². The number of hydrogen-bond acceptors (Lipinski definition) is 1. The standard InChI is InChI=1S/C14H27NO/c1-6-8-9-14(5,10-12(15)16)11-13(3,4)7-2/h7H,2,6,8-11H2,1,3-5H3,(H2,15,16). The van der Waals surface area contributed by atoms with Crippen molar-refractivity contribution < 1.29 is 4.79 Å². The first kappa shape index (κ1) is 15.2. The van der Waals surface area contributed by atoms with Crippen LogP contribution in [0.15, 0.2) is 12.7 Å². The quantitative estimate of drug-likeness (QED) is 0.629. The number of primary amides is 1. The number of amides is 1. The van der Waals surface area contributed by atoms with Gasteiger partial charge in [0.25, 0.3) is 0 Å². The van der Waals surface area contributed by atoms with Crippen molar-refractivity contribution >= 4 is 5.91 Å². The predicted octanol–water partition coefficient (Wildman–Crippen LogP) is 3.66. The fourth-order valence-electron chi connectivity index (χ4n) is 2.44. The van der Waals surface area contributed by atoms with E-state index in [-0.39, 0.29) is 16.7 Å². The molecule has 0 saturated carbocycles. The molecule has 2 N–H and O–H groups in total. The molecule has 1 amide bonds. The molecular formula is C14H27NO. The first-order valence-electron chi connectivity index (χ1n) is 6.16. The lowest BCUT2D eigenvalue weighted by atomic mass is 9.69. The summed E-state index contributed by atoms with van der Waals surface area (Å²) in [6.07, 6.45) is 6.78. The minimum atomic E-state index is -0.196. The molecule has 2 heteroatoms. The topological polar surface area (TPSA) is 43.1 Å². The molecule has 16 heavy (non-hydrogen) atoms. The van der Waals surface area contributed by atoms with Crippen LogP contribution >= 0.6 is 0 Å². The van der Waals surface area contributed by atoms with Crippen LogP contribution in [0, 0.1) is 10.8 Å². The van der Waals surface area contributed by atoms with Crippen LogP contribution in [-0.2, 0) is 4.79 Å². The highest BCUT2D eigenvalue weighted by Gasteiger charge is 2.31. The second-order valence-corrected chi connectivity index (χ2v) is 5.93. The number of unbranched alkanes of at least 4 members (excludes halogenated alkanes) is 1. The number of nitrogens with two attached hydrogens (primary N) is 1. The summed E-state index contributed by atoms with van der Waals surface area (Å²) in [5.74, 6) is -0.196. The lowest BCUT2D eigenvalue weighted by Gasteiger charge is -2.35. The molecule has 0 aromatic rings. The minimum absolute atomic E-state index is 0.0134. The van der Waals surface area contributed by atoms with Crippen molar-refractivity contribution in [2.24, 2.45) is 16.6 Å². The Morgan fingerprint density at radius 1 is 1.38 bits per heavy atom. The molecule has 1 atom stereocenters. The average molecular weight is 225 g/mol. The van der Waals surface area contributed by atoms with Gasteiger partial charge in [-0.25, -0.2) is 0 Å². The number of rotatable bonds is 8. The summed E-state index contributed by atoms with van der Waals surface area (Å²) in [6.45, 7) is 12.5. The first-order valence-corrected chi connectivity index (χ1v) is 6.16. The van der Waals surface area contributed by atoms with E-state index < -0.39 is 0 Å². The zero-order valence-corrected chi connectivity index (χ0v) is 11.3. The van der Waals surface area contributed by atoms with Crippen LogP contribution in [0.2, 0.25) is 0 Å². The molecule has 1 unspecified atom stereocenters. The summed E-state index contributed by atoms with van der Waals surface area (Å²) >= 11 is 0. The molecule has 0 aliphatic rings. The smallest absolute Gasteiger partial charge is 0.217 e. The monoisotopic (exact) mass is 225 g/mol. The van der Waals surface area contributed by atoms with Crippen LogP contribution < -0.4 is 5.73 Å². The normalized spacial score (nSPS) is 15.5. The lowest BCUT2D eigenvalue weighted by Crippen LogP contribution is -2.30. The van der Waals surface area contributed by atoms with Gasteiger partial charge >= 0.3 is 0 Å². The predicted molar refractivity (Wildman–Crippen MR) is 70.0 cm³/mol. The van der Waals surface area contributed by atoms with Crippen LogP contribution in [0.3, 0.4) is 0 Å². The van der Waals surface area contributed by atoms with Crippen molar-refractivity contribution in [2.75, 3.05) is 0 Å². The van der Waals surface area contributed by atoms with Crippen molar-refractivity contribution in [2.45, 2.75) is 59.8 Å². The molecule has 0 fully saturated rings. The molecule has 94 valence electrons. The SMILES string of the molecule is C=CC(C)(C)CC(C)(CCCC)CC(N)=O. The third kappa shape index (κ3) is 5.94. The fourth-order valence-corrected chi connectivity index (χ4v) is 2.44. The zero-order valence-electron chi connectivity index (χ0n) is 11.3.